The molecule has 0 aliphatic rings. The normalized spacial score (nSPS) is 8.75. The third kappa shape index (κ3) is 15.7. The number of hydrogen-bond acceptors (Lipinski definition) is 4. The van der Waals surface area contributed by atoms with Crippen LogP contribution < -0.4 is 0 Å². The van der Waals surface area contributed by atoms with Crippen LogP contribution in [0.5, 0.6) is 0 Å². The first-order chi connectivity index (χ1) is 2.56. The van der Waals surface area contributed by atoms with Gasteiger partial charge < -0.3 is 0 Å². The molecule has 0 aromatic heterocycles. The van der Waals surface area contributed by atoms with Gasteiger partial charge in [0.15, 0.2) is 0 Å². The summed E-state index contributed by atoms with van der Waals surface area (Å²) in [5.41, 5.74) is 0. The van der Waals surface area contributed by atoms with Crippen LogP contribution in [-0.4, -0.2) is 47.8 Å². The van der Waals surface area contributed by atoms with E-state index in [4.69, 9.17) is 18.2 Å². The molecule has 0 unspecified atom stereocenters. The summed E-state index contributed by atoms with van der Waals surface area (Å²) in [4.78, 5) is 0. The van der Waals surface area contributed by atoms with E-state index in [1.807, 2.05) is 0 Å². The Morgan fingerprint density at radius 1 is 1.38 bits per heavy atom. The average molecular weight is 194 g/mol. The molecule has 0 spiro atoms. The van der Waals surface area contributed by atoms with Gasteiger partial charge in [-0.05, 0) is 0 Å². The standard InChI is InChI=1S/Fe.Na.H2O5S.H/c;;1-5-6(2,3)4;/h;;1H,(H,2,3,4);. The first kappa shape index (κ1) is 16.2. The van der Waals surface area contributed by atoms with Gasteiger partial charge in [-0.3, -0.25) is 4.55 Å². The van der Waals surface area contributed by atoms with E-state index >= 15 is 0 Å². The monoisotopic (exact) mass is 194 g/mol. The van der Waals surface area contributed by atoms with Crippen LogP contribution >= 0.6 is 0 Å². The molecule has 0 saturated carbocycles. The molecule has 0 amide bonds. The molecule has 0 aromatic rings. The van der Waals surface area contributed by atoms with Crippen LogP contribution in [0.1, 0.15) is 0 Å². The van der Waals surface area contributed by atoms with Gasteiger partial charge in [-0.25, -0.2) is 5.26 Å². The van der Waals surface area contributed by atoms with Gasteiger partial charge in [-0.2, -0.15) is 8.42 Å². The van der Waals surface area contributed by atoms with Crippen molar-refractivity contribution in [1.82, 2.24) is 0 Å². The van der Waals surface area contributed by atoms with Crippen molar-refractivity contribution in [3.63, 3.8) is 0 Å². The van der Waals surface area contributed by atoms with Crippen molar-refractivity contribution < 1.29 is 39.6 Å². The van der Waals surface area contributed by atoms with E-state index in [2.05, 4.69) is 4.33 Å². The van der Waals surface area contributed by atoms with Crippen molar-refractivity contribution >= 4 is 40.0 Å². The molecule has 0 saturated heterocycles. The van der Waals surface area contributed by atoms with Crippen LogP contribution in [0.15, 0.2) is 0 Å². The van der Waals surface area contributed by atoms with E-state index in [1.165, 1.54) is 0 Å². The van der Waals surface area contributed by atoms with Crippen molar-refractivity contribution in [2.75, 3.05) is 0 Å². The molecular formula is H3FeNaO5S. The minimum atomic E-state index is -4.61. The van der Waals surface area contributed by atoms with Crippen LogP contribution in [0.3, 0.4) is 0 Å². The van der Waals surface area contributed by atoms with Crippen LogP contribution in [0.4, 0.5) is 0 Å². The molecule has 0 bridgehead atoms. The summed E-state index contributed by atoms with van der Waals surface area (Å²) < 4.78 is 28.0. The molecule has 8 heavy (non-hydrogen) atoms. The predicted octanol–water partition coefficient (Wildman–Crippen LogP) is -1.37. The van der Waals surface area contributed by atoms with E-state index in [0.29, 0.717) is 0 Å². The summed E-state index contributed by atoms with van der Waals surface area (Å²) in [6.45, 7) is 0. The minimum absolute atomic E-state index is 0. The number of rotatable bonds is 1. The van der Waals surface area contributed by atoms with Gasteiger partial charge in [0.05, 0.1) is 0 Å². The second kappa shape index (κ2) is 6.47. The zero-order chi connectivity index (χ0) is 5.21. The Morgan fingerprint density at radius 2 is 1.50 bits per heavy atom. The predicted molar refractivity (Wildman–Crippen MR) is 22.4 cm³/mol. The maximum atomic E-state index is 9.08. The Bertz CT molecular complexity index is 114. The molecule has 0 fully saturated rings. The molecule has 48 valence electrons. The van der Waals surface area contributed by atoms with E-state index < -0.39 is 10.4 Å². The Labute approximate surface area is 79.1 Å². The molecular weight excluding hydrogens is 191 g/mol. The second-order valence-electron chi connectivity index (χ2n) is 0.502. The zero-order valence-electron chi connectivity index (χ0n) is 2.88. The van der Waals surface area contributed by atoms with E-state index in [1.54, 1.807) is 0 Å². The zero-order valence-corrected chi connectivity index (χ0v) is 4.80. The van der Waals surface area contributed by atoms with Gasteiger partial charge in [-0.15, -0.1) is 0 Å². The Balaban J connectivity index is -0.000000125. The molecule has 0 heterocycles. The Hall–Kier alpha value is 1.35. The Morgan fingerprint density at radius 3 is 1.50 bits per heavy atom. The topological polar surface area (TPSA) is 83.8 Å². The van der Waals surface area contributed by atoms with Gasteiger partial charge in [0.1, 0.15) is 0 Å². The Kier molecular flexibility index (Phi) is 13.1. The fourth-order valence-electron chi connectivity index (χ4n) is 0. The molecule has 0 radical (unpaired) electrons. The first-order valence-electron chi connectivity index (χ1n) is 0.865. The summed E-state index contributed by atoms with van der Waals surface area (Å²) in [7, 11) is -4.61. The SMILES string of the molecule is O=S(=O)(O)OO.[Fe].[NaH]. The first-order valence-corrected chi connectivity index (χ1v) is 2.23. The quantitative estimate of drug-likeness (QED) is 0.233. The average Bonchev–Trinajstić information content (AvgIpc) is 1.35. The van der Waals surface area contributed by atoms with Crippen LogP contribution in [0, 0.1) is 0 Å². The number of hydrogen-bond donors (Lipinski definition) is 2. The van der Waals surface area contributed by atoms with Crippen molar-refractivity contribution in [2.24, 2.45) is 0 Å². The fraction of sp³-hybridized carbons (Fsp3) is 0. The van der Waals surface area contributed by atoms with Gasteiger partial charge in [0.2, 0.25) is 0 Å². The van der Waals surface area contributed by atoms with Crippen LogP contribution in [-0.2, 0) is 31.8 Å². The molecule has 8 heteroatoms. The third-order valence-electron chi connectivity index (χ3n) is 0.0942. The fourth-order valence-corrected chi connectivity index (χ4v) is 0. The van der Waals surface area contributed by atoms with Gasteiger partial charge in [0, 0.05) is 17.1 Å². The van der Waals surface area contributed by atoms with Crippen molar-refractivity contribution in [3.05, 3.63) is 0 Å². The van der Waals surface area contributed by atoms with Crippen molar-refractivity contribution in [1.29, 1.82) is 0 Å². The summed E-state index contributed by atoms with van der Waals surface area (Å²) in [5, 5.41) is 7.06. The van der Waals surface area contributed by atoms with Gasteiger partial charge >= 0.3 is 40.0 Å². The second-order valence-corrected chi connectivity index (χ2v) is 1.51. The summed E-state index contributed by atoms with van der Waals surface area (Å²) >= 11 is 0. The van der Waals surface area contributed by atoms with Gasteiger partial charge in [0.25, 0.3) is 0 Å². The third-order valence-corrected chi connectivity index (χ3v) is 0.283. The van der Waals surface area contributed by atoms with Gasteiger partial charge in [-0.1, -0.05) is 4.33 Å². The van der Waals surface area contributed by atoms with E-state index in [9.17, 15) is 0 Å². The summed E-state index contributed by atoms with van der Waals surface area (Å²) in [6, 6.07) is 0. The van der Waals surface area contributed by atoms with Crippen molar-refractivity contribution in [3.8, 4) is 0 Å². The van der Waals surface area contributed by atoms with Crippen LogP contribution in [0.2, 0.25) is 0 Å². The van der Waals surface area contributed by atoms with Crippen LogP contribution in [0.25, 0.3) is 0 Å². The summed E-state index contributed by atoms with van der Waals surface area (Å²) in [6.07, 6.45) is 0. The molecule has 2 N–H and O–H groups in total. The van der Waals surface area contributed by atoms with E-state index in [0.717, 1.165) is 0 Å². The maximum absolute atomic E-state index is 9.08. The van der Waals surface area contributed by atoms with E-state index in [-0.39, 0.29) is 46.6 Å². The molecule has 0 aliphatic heterocycles. The molecule has 0 atom stereocenters. The molecule has 0 rings (SSSR count). The molecule has 0 aliphatic carbocycles. The molecule has 0 aromatic carbocycles. The summed E-state index contributed by atoms with van der Waals surface area (Å²) in [5.74, 6) is 0. The van der Waals surface area contributed by atoms with Crippen molar-refractivity contribution in [2.45, 2.75) is 0 Å². The molecule has 5 nitrogen and oxygen atoms in total.